The van der Waals surface area contributed by atoms with Crippen molar-refractivity contribution in [2.24, 2.45) is 0 Å². The first-order valence-electron chi connectivity index (χ1n) is 6.14. The van der Waals surface area contributed by atoms with Crippen LogP contribution in [-0.2, 0) is 0 Å². The molecule has 0 radical (unpaired) electrons. The van der Waals surface area contributed by atoms with Crippen molar-refractivity contribution in [2.45, 2.75) is 26.2 Å². The molecule has 0 spiro atoms. The summed E-state index contributed by atoms with van der Waals surface area (Å²) in [5.74, 6) is 2.67. The van der Waals surface area contributed by atoms with Gasteiger partial charge in [-0.25, -0.2) is 0 Å². The van der Waals surface area contributed by atoms with Crippen molar-refractivity contribution in [3.63, 3.8) is 0 Å². The molecule has 1 fully saturated rings. The van der Waals surface area contributed by atoms with Gasteiger partial charge < -0.3 is 4.90 Å². The third-order valence-electron chi connectivity index (χ3n) is 3.07. The van der Waals surface area contributed by atoms with E-state index in [-0.39, 0.29) is 5.78 Å². The van der Waals surface area contributed by atoms with Crippen LogP contribution in [0.25, 0.3) is 0 Å². The lowest BCUT2D eigenvalue weighted by Crippen LogP contribution is -2.25. The van der Waals surface area contributed by atoms with E-state index in [9.17, 15) is 4.79 Å². The summed E-state index contributed by atoms with van der Waals surface area (Å²) in [6.07, 6.45) is 3.66. The molecule has 0 aliphatic carbocycles. The maximum Gasteiger partial charge on any atom is 0.237 e. The van der Waals surface area contributed by atoms with E-state index in [1.165, 1.54) is 19.3 Å². The molecule has 88 valence electrons. The average molecular weight is 227 g/mol. The molecular formula is C15H17NO. The Kier molecular flexibility index (Phi) is 3.82. The summed E-state index contributed by atoms with van der Waals surface area (Å²) in [5, 5.41) is 0. The van der Waals surface area contributed by atoms with Crippen molar-refractivity contribution >= 4 is 5.78 Å². The molecule has 0 atom stereocenters. The van der Waals surface area contributed by atoms with Crippen LogP contribution < -0.4 is 0 Å². The Morgan fingerprint density at radius 3 is 2.59 bits per heavy atom. The number of rotatable bonds is 1. The number of benzene rings is 1. The molecule has 0 unspecified atom stereocenters. The zero-order valence-electron chi connectivity index (χ0n) is 10.2. The van der Waals surface area contributed by atoms with Crippen molar-refractivity contribution < 1.29 is 4.79 Å². The molecule has 0 saturated carbocycles. The highest BCUT2D eigenvalue weighted by molar-refractivity contribution is 6.09. The Bertz CT molecular complexity index is 461. The van der Waals surface area contributed by atoms with Gasteiger partial charge in [0.25, 0.3) is 0 Å². The van der Waals surface area contributed by atoms with Gasteiger partial charge in [0.15, 0.2) is 0 Å². The molecule has 1 heterocycles. The fourth-order valence-electron chi connectivity index (χ4n) is 2.03. The maximum absolute atomic E-state index is 11.9. The highest BCUT2D eigenvalue weighted by atomic mass is 16.1. The predicted molar refractivity (Wildman–Crippen MR) is 68.7 cm³/mol. The molecule has 0 amide bonds. The second-order valence-corrected chi connectivity index (χ2v) is 4.43. The second-order valence-electron chi connectivity index (χ2n) is 4.43. The number of ketones is 1. The molecule has 0 bridgehead atoms. The highest BCUT2D eigenvalue weighted by Crippen LogP contribution is 2.09. The van der Waals surface area contributed by atoms with Gasteiger partial charge in [0, 0.05) is 24.7 Å². The van der Waals surface area contributed by atoms with Crippen LogP contribution in [0.5, 0.6) is 0 Å². The van der Waals surface area contributed by atoms with Crippen molar-refractivity contribution in [2.75, 3.05) is 13.1 Å². The molecule has 2 rings (SSSR count). The van der Waals surface area contributed by atoms with Gasteiger partial charge in [-0.05, 0) is 37.7 Å². The first-order valence-corrected chi connectivity index (χ1v) is 6.14. The van der Waals surface area contributed by atoms with Gasteiger partial charge in [0.1, 0.15) is 0 Å². The van der Waals surface area contributed by atoms with E-state index in [1.54, 1.807) is 0 Å². The SMILES string of the molecule is Cc1ccccc1C(=O)C#CN1CCCCC1. The van der Waals surface area contributed by atoms with E-state index < -0.39 is 0 Å². The first kappa shape index (κ1) is 11.7. The van der Waals surface area contributed by atoms with Crippen molar-refractivity contribution in [1.82, 2.24) is 4.90 Å². The number of Topliss-reactive ketones (excluding diaryl/α,β-unsaturated/α-hetero) is 1. The second kappa shape index (κ2) is 5.54. The molecule has 2 heteroatoms. The normalized spacial score (nSPS) is 15.0. The van der Waals surface area contributed by atoms with Gasteiger partial charge in [-0.15, -0.1) is 0 Å². The number of nitrogens with zero attached hydrogens (tertiary/aromatic N) is 1. The van der Waals surface area contributed by atoms with Gasteiger partial charge in [0.2, 0.25) is 5.78 Å². The third kappa shape index (κ3) is 3.10. The standard InChI is InChI=1S/C15H17NO/c1-13-7-3-4-8-14(13)15(17)9-12-16-10-5-2-6-11-16/h3-4,7-8H,2,5-6,10-11H2,1H3. The van der Waals surface area contributed by atoms with E-state index in [1.807, 2.05) is 31.2 Å². The predicted octanol–water partition coefficient (Wildman–Crippen LogP) is 2.62. The number of piperidine rings is 1. The topological polar surface area (TPSA) is 20.3 Å². The van der Waals surface area contributed by atoms with Crippen LogP contribution in [0.2, 0.25) is 0 Å². The van der Waals surface area contributed by atoms with Crippen molar-refractivity contribution in [1.29, 1.82) is 0 Å². The molecule has 17 heavy (non-hydrogen) atoms. The molecule has 1 saturated heterocycles. The van der Waals surface area contributed by atoms with E-state index in [4.69, 9.17) is 0 Å². The molecule has 0 aromatic heterocycles. The van der Waals surface area contributed by atoms with Gasteiger partial charge in [0.05, 0.1) is 0 Å². The zero-order valence-corrected chi connectivity index (χ0v) is 10.2. The number of carbonyl (C=O) groups is 1. The zero-order chi connectivity index (χ0) is 12.1. The van der Waals surface area contributed by atoms with Crippen molar-refractivity contribution in [3.8, 4) is 12.0 Å². The van der Waals surface area contributed by atoms with E-state index in [0.717, 1.165) is 24.2 Å². The van der Waals surface area contributed by atoms with E-state index in [2.05, 4.69) is 16.9 Å². The minimum Gasteiger partial charge on any atom is -0.332 e. The molecule has 2 nitrogen and oxygen atoms in total. The smallest absolute Gasteiger partial charge is 0.237 e. The minimum absolute atomic E-state index is 0.0753. The molecule has 0 N–H and O–H groups in total. The van der Waals surface area contributed by atoms with E-state index in [0.29, 0.717) is 0 Å². The quantitative estimate of drug-likeness (QED) is 0.543. The van der Waals surface area contributed by atoms with Crippen LogP contribution >= 0.6 is 0 Å². The molecular weight excluding hydrogens is 210 g/mol. The molecule has 1 aromatic rings. The summed E-state index contributed by atoms with van der Waals surface area (Å²) in [6, 6.07) is 10.6. The summed E-state index contributed by atoms with van der Waals surface area (Å²) >= 11 is 0. The van der Waals surface area contributed by atoms with Crippen LogP contribution in [0.1, 0.15) is 35.2 Å². The Hall–Kier alpha value is -1.75. The molecule has 1 aliphatic heterocycles. The lowest BCUT2D eigenvalue weighted by atomic mass is 10.1. The van der Waals surface area contributed by atoms with Crippen molar-refractivity contribution in [3.05, 3.63) is 35.4 Å². The highest BCUT2D eigenvalue weighted by Gasteiger charge is 2.07. The average Bonchev–Trinajstić information content (AvgIpc) is 2.38. The number of likely N-dealkylation sites (tertiary alicyclic amines) is 1. The summed E-state index contributed by atoms with van der Waals surface area (Å²) in [7, 11) is 0. The Morgan fingerprint density at radius 2 is 1.88 bits per heavy atom. The van der Waals surface area contributed by atoms with Crippen LogP contribution in [0.4, 0.5) is 0 Å². The van der Waals surface area contributed by atoms with Gasteiger partial charge in [-0.3, -0.25) is 4.79 Å². The van der Waals surface area contributed by atoms with Crippen LogP contribution in [0.3, 0.4) is 0 Å². The fraction of sp³-hybridized carbons (Fsp3) is 0.400. The minimum atomic E-state index is -0.0753. The number of hydrogen-bond donors (Lipinski definition) is 0. The van der Waals surface area contributed by atoms with Gasteiger partial charge in [-0.1, -0.05) is 24.3 Å². The molecule has 1 aliphatic rings. The van der Waals surface area contributed by atoms with E-state index >= 15 is 0 Å². The lowest BCUT2D eigenvalue weighted by Gasteiger charge is -2.21. The first-order chi connectivity index (χ1) is 8.27. The van der Waals surface area contributed by atoms with Gasteiger partial charge >= 0.3 is 0 Å². The van der Waals surface area contributed by atoms with Crippen LogP contribution in [0, 0.1) is 18.9 Å². The van der Waals surface area contributed by atoms with Gasteiger partial charge in [-0.2, -0.15) is 0 Å². The largest absolute Gasteiger partial charge is 0.332 e. The number of hydrogen-bond acceptors (Lipinski definition) is 2. The Balaban J connectivity index is 2.06. The monoisotopic (exact) mass is 227 g/mol. The number of carbonyl (C=O) groups excluding carboxylic acids is 1. The summed E-state index contributed by atoms with van der Waals surface area (Å²) in [5.41, 5.74) is 1.71. The third-order valence-corrected chi connectivity index (χ3v) is 3.07. The Morgan fingerprint density at radius 1 is 1.18 bits per heavy atom. The summed E-state index contributed by atoms with van der Waals surface area (Å²) in [6.45, 7) is 3.93. The van der Waals surface area contributed by atoms with Crippen LogP contribution in [-0.4, -0.2) is 23.8 Å². The lowest BCUT2D eigenvalue weighted by molar-refractivity contribution is 0.105. The number of aryl methyl sites for hydroxylation is 1. The maximum atomic E-state index is 11.9. The molecule has 1 aromatic carbocycles. The summed E-state index contributed by atoms with van der Waals surface area (Å²) in [4.78, 5) is 14.0. The van der Waals surface area contributed by atoms with Crippen LogP contribution in [0.15, 0.2) is 24.3 Å². The fourth-order valence-corrected chi connectivity index (χ4v) is 2.03. The summed E-state index contributed by atoms with van der Waals surface area (Å²) < 4.78 is 0. The Labute approximate surface area is 103 Å².